The Morgan fingerprint density at radius 1 is 1.26 bits per heavy atom. The van der Waals surface area contributed by atoms with Gasteiger partial charge in [-0.05, 0) is 46.3 Å². The minimum Gasteiger partial charge on any atom is -0.493 e. The van der Waals surface area contributed by atoms with Crippen LogP contribution >= 0.6 is 15.9 Å². The fourth-order valence-electron chi connectivity index (χ4n) is 4.08. The minimum atomic E-state index is -4.73. The molecule has 0 saturated carbocycles. The largest absolute Gasteiger partial charge is 0.522 e. The van der Waals surface area contributed by atoms with Gasteiger partial charge in [-0.3, -0.25) is 9.53 Å². The van der Waals surface area contributed by atoms with E-state index in [0.717, 1.165) is 5.69 Å². The van der Waals surface area contributed by atoms with Gasteiger partial charge in [0.25, 0.3) is 5.91 Å². The molecule has 4 rings (SSSR count). The Labute approximate surface area is 202 Å². The summed E-state index contributed by atoms with van der Waals surface area (Å²) >= 11 is 3.38. The van der Waals surface area contributed by atoms with E-state index in [1.54, 1.807) is 4.90 Å². The standard InChI is InChI=1S/C22H22BrF3N2O6/c1-30-16-11-14(5-6-15(16)31-9-10-33-22(24,25)26)20(29)28-8-7-21(18(12-28)32-13-34-21)17-3-2-4-19(23)27-17/h2-6,11,18H,7-10,12-13H2,1H3/t18?,21-/m1/s1. The number of alkyl halides is 3. The number of aromatic nitrogens is 1. The van der Waals surface area contributed by atoms with Crippen LogP contribution in [0.15, 0.2) is 41.0 Å². The second-order valence-electron chi connectivity index (χ2n) is 7.66. The predicted octanol–water partition coefficient (Wildman–Crippen LogP) is 3.88. The van der Waals surface area contributed by atoms with Crippen LogP contribution in [0.3, 0.4) is 0 Å². The molecule has 0 spiro atoms. The molecule has 2 saturated heterocycles. The van der Waals surface area contributed by atoms with E-state index in [4.69, 9.17) is 18.9 Å². The van der Waals surface area contributed by atoms with Gasteiger partial charge in [0, 0.05) is 18.5 Å². The third-order valence-corrected chi connectivity index (χ3v) is 6.14. The third kappa shape index (κ3) is 5.29. The van der Waals surface area contributed by atoms with Gasteiger partial charge in [-0.1, -0.05) is 6.07 Å². The first-order chi connectivity index (χ1) is 16.2. The molecule has 0 N–H and O–H groups in total. The van der Waals surface area contributed by atoms with Crippen LogP contribution in [0.25, 0.3) is 0 Å². The first-order valence-corrected chi connectivity index (χ1v) is 11.2. The van der Waals surface area contributed by atoms with Crippen LogP contribution in [0.4, 0.5) is 13.2 Å². The van der Waals surface area contributed by atoms with Crippen LogP contribution in [-0.4, -0.2) is 68.5 Å². The summed E-state index contributed by atoms with van der Waals surface area (Å²) in [4.78, 5) is 19.4. The van der Waals surface area contributed by atoms with Crippen molar-refractivity contribution < 1.29 is 41.7 Å². The Hall–Kier alpha value is -2.41. The molecule has 2 aliphatic rings. The van der Waals surface area contributed by atoms with Gasteiger partial charge in [-0.15, -0.1) is 13.2 Å². The summed E-state index contributed by atoms with van der Waals surface area (Å²) in [5, 5.41) is 0. The van der Waals surface area contributed by atoms with Gasteiger partial charge in [0.15, 0.2) is 11.5 Å². The minimum absolute atomic E-state index is 0.110. The SMILES string of the molecule is COc1cc(C(=O)N2CC[C@]3(c4cccc(Br)n4)OCOC3C2)ccc1OCCOC(F)(F)F. The van der Waals surface area contributed by atoms with E-state index in [9.17, 15) is 18.0 Å². The van der Waals surface area contributed by atoms with Gasteiger partial charge in [-0.2, -0.15) is 0 Å². The topological polar surface area (TPSA) is 79.4 Å². The monoisotopic (exact) mass is 546 g/mol. The van der Waals surface area contributed by atoms with Crippen molar-refractivity contribution in [2.24, 2.45) is 0 Å². The number of amides is 1. The Bertz CT molecular complexity index is 1040. The summed E-state index contributed by atoms with van der Waals surface area (Å²) < 4.78 is 63.0. The number of carbonyl (C=O) groups excluding carboxylic acids is 1. The fourth-order valence-corrected chi connectivity index (χ4v) is 4.43. The number of piperidine rings is 1. The highest BCUT2D eigenvalue weighted by molar-refractivity contribution is 9.10. The third-order valence-electron chi connectivity index (χ3n) is 5.70. The number of carbonyl (C=O) groups is 1. The molecule has 2 atom stereocenters. The molecule has 1 aromatic carbocycles. The highest BCUT2D eigenvalue weighted by atomic mass is 79.9. The zero-order valence-corrected chi connectivity index (χ0v) is 19.7. The number of methoxy groups -OCH3 is 1. The predicted molar refractivity (Wildman–Crippen MR) is 115 cm³/mol. The number of likely N-dealkylation sites (tertiary alicyclic amines) is 1. The lowest BCUT2D eigenvalue weighted by molar-refractivity contribution is -0.325. The molecule has 2 fully saturated rings. The number of ether oxygens (including phenoxy) is 5. The van der Waals surface area contributed by atoms with Gasteiger partial charge in [0.1, 0.15) is 29.7 Å². The second kappa shape index (κ2) is 10.1. The Morgan fingerprint density at radius 2 is 2.09 bits per heavy atom. The number of hydrogen-bond acceptors (Lipinski definition) is 7. The first-order valence-electron chi connectivity index (χ1n) is 10.4. The molecule has 2 aromatic rings. The summed E-state index contributed by atoms with van der Waals surface area (Å²) in [5.74, 6) is 0.190. The van der Waals surface area contributed by atoms with Crippen molar-refractivity contribution in [2.45, 2.75) is 24.5 Å². The van der Waals surface area contributed by atoms with Gasteiger partial charge in [0.2, 0.25) is 0 Å². The van der Waals surface area contributed by atoms with Crippen molar-refractivity contribution >= 4 is 21.8 Å². The molecule has 0 aliphatic carbocycles. The average molecular weight is 547 g/mol. The lowest BCUT2D eigenvalue weighted by Crippen LogP contribution is -2.53. The molecule has 2 aliphatic heterocycles. The molecule has 184 valence electrons. The second-order valence-corrected chi connectivity index (χ2v) is 8.47. The quantitative estimate of drug-likeness (QED) is 0.385. The van der Waals surface area contributed by atoms with E-state index in [1.165, 1.54) is 25.3 Å². The van der Waals surface area contributed by atoms with Crippen LogP contribution in [-0.2, 0) is 19.8 Å². The van der Waals surface area contributed by atoms with Gasteiger partial charge in [-0.25, -0.2) is 4.98 Å². The van der Waals surface area contributed by atoms with Crippen molar-refractivity contribution in [3.63, 3.8) is 0 Å². The number of fused-ring (bicyclic) bond motifs is 1. The van der Waals surface area contributed by atoms with E-state index < -0.39 is 18.6 Å². The maximum Gasteiger partial charge on any atom is 0.522 e. The lowest BCUT2D eigenvalue weighted by atomic mass is 9.85. The molecule has 12 heteroatoms. The Kier molecular flexibility index (Phi) is 7.31. The molecule has 0 bridgehead atoms. The van der Waals surface area contributed by atoms with Gasteiger partial charge in [0.05, 0.1) is 26.0 Å². The normalized spacial score (nSPS) is 22.4. The van der Waals surface area contributed by atoms with Gasteiger partial charge < -0.3 is 23.8 Å². The molecule has 34 heavy (non-hydrogen) atoms. The number of rotatable bonds is 7. The van der Waals surface area contributed by atoms with Crippen LogP contribution < -0.4 is 9.47 Å². The van der Waals surface area contributed by atoms with Crippen molar-refractivity contribution in [2.75, 3.05) is 40.2 Å². The number of nitrogens with zero attached hydrogens (tertiary/aromatic N) is 2. The number of hydrogen-bond donors (Lipinski definition) is 0. The highest BCUT2D eigenvalue weighted by Crippen LogP contribution is 2.42. The summed E-state index contributed by atoms with van der Waals surface area (Å²) in [6.07, 6.45) is -4.61. The highest BCUT2D eigenvalue weighted by Gasteiger charge is 2.52. The fraction of sp³-hybridized carbons (Fsp3) is 0.455. The number of pyridine rings is 1. The zero-order valence-electron chi connectivity index (χ0n) is 18.1. The van der Waals surface area contributed by atoms with Crippen molar-refractivity contribution in [3.05, 3.63) is 52.3 Å². The van der Waals surface area contributed by atoms with Crippen LogP contribution in [0.5, 0.6) is 11.5 Å². The smallest absolute Gasteiger partial charge is 0.493 e. The average Bonchev–Trinajstić information content (AvgIpc) is 3.25. The first kappa shape index (κ1) is 24.7. The maximum atomic E-state index is 13.2. The van der Waals surface area contributed by atoms with Crippen LogP contribution in [0.2, 0.25) is 0 Å². The molecule has 3 heterocycles. The van der Waals surface area contributed by atoms with Gasteiger partial charge >= 0.3 is 6.36 Å². The van der Waals surface area contributed by atoms with Crippen molar-refractivity contribution in [1.82, 2.24) is 9.88 Å². The van der Waals surface area contributed by atoms with Crippen LogP contribution in [0, 0.1) is 0 Å². The lowest BCUT2D eigenvalue weighted by Gasteiger charge is -2.41. The van der Waals surface area contributed by atoms with E-state index in [1.807, 2.05) is 18.2 Å². The van der Waals surface area contributed by atoms with E-state index in [-0.39, 0.29) is 36.9 Å². The Balaban J connectivity index is 1.43. The van der Waals surface area contributed by atoms with E-state index in [0.29, 0.717) is 29.7 Å². The molecular weight excluding hydrogens is 525 g/mol. The van der Waals surface area contributed by atoms with E-state index >= 15 is 0 Å². The maximum absolute atomic E-state index is 13.2. The summed E-state index contributed by atoms with van der Waals surface area (Å²) in [7, 11) is 1.38. The molecule has 1 amide bonds. The van der Waals surface area contributed by atoms with Crippen molar-refractivity contribution in [3.8, 4) is 11.5 Å². The Morgan fingerprint density at radius 3 is 2.82 bits per heavy atom. The summed E-state index contributed by atoms with van der Waals surface area (Å²) in [6, 6.07) is 10.1. The molecule has 1 aromatic heterocycles. The molecular formula is C22H22BrF3N2O6. The molecule has 8 nitrogen and oxygen atoms in total. The number of halogens is 4. The summed E-state index contributed by atoms with van der Waals surface area (Å²) in [6.45, 7) is -0.164. The van der Waals surface area contributed by atoms with E-state index in [2.05, 4.69) is 25.7 Å². The van der Waals surface area contributed by atoms with Crippen molar-refractivity contribution in [1.29, 1.82) is 0 Å². The number of benzene rings is 1. The zero-order chi connectivity index (χ0) is 24.3. The molecule has 1 unspecified atom stereocenters. The van der Waals surface area contributed by atoms with Crippen LogP contribution in [0.1, 0.15) is 22.5 Å². The molecule has 0 radical (unpaired) electrons. The summed E-state index contributed by atoms with van der Waals surface area (Å²) in [5.41, 5.74) is 0.367.